The average molecular weight is 341 g/mol. The van der Waals surface area contributed by atoms with Gasteiger partial charge in [-0.1, -0.05) is 13.8 Å². The van der Waals surface area contributed by atoms with E-state index in [1.807, 2.05) is 0 Å². The molecule has 6 heteroatoms. The lowest BCUT2D eigenvalue weighted by Crippen LogP contribution is -2.48. The first kappa shape index (κ1) is 17.1. The number of carbonyl (C=O) groups is 2. The van der Waals surface area contributed by atoms with Gasteiger partial charge in [-0.15, -0.1) is 0 Å². The van der Waals surface area contributed by atoms with Gasteiger partial charge >= 0.3 is 0 Å². The number of ketones is 1. The molecular formula is C17H27NO4S. The molecule has 0 aromatic carbocycles. The molecule has 3 rings (SSSR count). The predicted molar refractivity (Wildman–Crippen MR) is 87.3 cm³/mol. The van der Waals surface area contributed by atoms with Gasteiger partial charge in [0.2, 0.25) is 10.0 Å². The zero-order chi connectivity index (χ0) is 16.9. The Morgan fingerprint density at radius 1 is 1.22 bits per heavy atom. The van der Waals surface area contributed by atoms with E-state index in [0.717, 1.165) is 25.5 Å². The highest BCUT2D eigenvalue weighted by atomic mass is 32.2. The van der Waals surface area contributed by atoms with Crippen LogP contribution in [0.2, 0.25) is 0 Å². The van der Waals surface area contributed by atoms with E-state index in [2.05, 4.69) is 13.8 Å². The predicted octanol–water partition coefficient (Wildman–Crippen LogP) is 2.01. The van der Waals surface area contributed by atoms with Crippen LogP contribution in [0.4, 0.5) is 0 Å². The van der Waals surface area contributed by atoms with Crippen LogP contribution in [-0.2, 0) is 19.6 Å². The van der Waals surface area contributed by atoms with Gasteiger partial charge in [-0.05, 0) is 42.9 Å². The van der Waals surface area contributed by atoms with Crippen molar-refractivity contribution < 1.29 is 18.0 Å². The van der Waals surface area contributed by atoms with Crippen molar-refractivity contribution in [2.75, 3.05) is 18.8 Å². The third-order valence-electron chi connectivity index (χ3n) is 6.96. The summed E-state index contributed by atoms with van der Waals surface area (Å²) in [6.07, 6.45) is 5.15. The number of aldehydes is 1. The van der Waals surface area contributed by atoms with E-state index >= 15 is 0 Å². The van der Waals surface area contributed by atoms with E-state index in [0.29, 0.717) is 44.2 Å². The van der Waals surface area contributed by atoms with Crippen molar-refractivity contribution in [1.82, 2.24) is 4.31 Å². The van der Waals surface area contributed by atoms with Gasteiger partial charge in [0.05, 0.1) is 5.75 Å². The largest absolute Gasteiger partial charge is 0.303 e. The molecule has 0 spiro atoms. The Morgan fingerprint density at radius 3 is 2.35 bits per heavy atom. The summed E-state index contributed by atoms with van der Waals surface area (Å²) >= 11 is 0. The lowest BCUT2D eigenvalue weighted by Gasteiger charge is -2.39. The van der Waals surface area contributed by atoms with Gasteiger partial charge in [-0.25, -0.2) is 12.7 Å². The zero-order valence-corrected chi connectivity index (χ0v) is 14.9. The summed E-state index contributed by atoms with van der Waals surface area (Å²) in [5.41, 5.74) is -0.900. The first-order valence-corrected chi connectivity index (χ1v) is 10.3. The number of rotatable bonds is 5. The molecule has 2 saturated carbocycles. The Morgan fingerprint density at radius 2 is 1.87 bits per heavy atom. The summed E-state index contributed by atoms with van der Waals surface area (Å²) in [7, 11) is -3.43. The summed E-state index contributed by atoms with van der Waals surface area (Å²) in [5, 5.41) is 0. The molecule has 2 unspecified atom stereocenters. The summed E-state index contributed by atoms with van der Waals surface area (Å²) in [6, 6.07) is 0. The Kier molecular flexibility index (Phi) is 4.20. The Hall–Kier alpha value is -0.750. The number of carbonyl (C=O) groups excluding carboxylic acids is 2. The third-order valence-corrected chi connectivity index (χ3v) is 8.97. The molecule has 0 radical (unpaired) electrons. The van der Waals surface area contributed by atoms with Crippen LogP contribution in [0.1, 0.15) is 52.4 Å². The van der Waals surface area contributed by atoms with Gasteiger partial charge in [0.15, 0.2) is 0 Å². The number of hydrogen-bond acceptors (Lipinski definition) is 4. The van der Waals surface area contributed by atoms with Crippen molar-refractivity contribution in [2.24, 2.45) is 22.7 Å². The normalized spacial score (nSPS) is 34.9. The maximum atomic E-state index is 12.9. The minimum absolute atomic E-state index is 0.0271. The molecule has 2 atom stereocenters. The smallest absolute Gasteiger partial charge is 0.215 e. The van der Waals surface area contributed by atoms with E-state index in [1.54, 1.807) is 4.31 Å². The van der Waals surface area contributed by atoms with Gasteiger partial charge in [0.25, 0.3) is 0 Å². The van der Waals surface area contributed by atoms with E-state index in [9.17, 15) is 18.0 Å². The van der Waals surface area contributed by atoms with E-state index in [-0.39, 0.29) is 17.0 Å². The number of hydrogen-bond donors (Lipinski definition) is 0. The van der Waals surface area contributed by atoms with Crippen molar-refractivity contribution in [3.63, 3.8) is 0 Å². The summed E-state index contributed by atoms with van der Waals surface area (Å²) in [6.45, 7) is 5.10. The molecule has 0 N–H and O–H groups in total. The fourth-order valence-corrected chi connectivity index (χ4v) is 7.32. The van der Waals surface area contributed by atoms with Gasteiger partial charge in [0, 0.05) is 31.3 Å². The van der Waals surface area contributed by atoms with Gasteiger partial charge in [-0.3, -0.25) is 4.79 Å². The van der Waals surface area contributed by atoms with Crippen LogP contribution >= 0.6 is 0 Å². The van der Waals surface area contributed by atoms with Crippen molar-refractivity contribution in [3.8, 4) is 0 Å². The Balaban J connectivity index is 1.75. The van der Waals surface area contributed by atoms with E-state index in [1.165, 1.54) is 0 Å². The maximum absolute atomic E-state index is 12.9. The second-order valence-corrected chi connectivity index (χ2v) is 10.1. The van der Waals surface area contributed by atoms with Crippen molar-refractivity contribution in [2.45, 2.75) is 52.4 Å². The summed E-state index contributed by atoms with van der Waals surface area (Å²) in [5.74, 6) is 0.764. The molecule has 1 saturated heterocycles. The zero-order valence-electron chi connectivity index (χ0n) is 14.1. The van der Waals surface area contributed by atoms with Crippen LogP contribution in [0.15, 0.2) is 0 Å². The molecule has 1 aliphatic heterocycles. The third kappa shape index (κ3) is 2.58. The highest BCUT2D eigenvalue weighted by molar-refractivity contribution is 7.89. The molecular weight excluding hydrogens is 314 g/mol. The topological polar surface area (TPSA) is 71.5 Å². The summed E-state index contributed by atoms with van der Waals surface area (Å²) < 4.78 is 27.4. The number of nitrogens with zero attached hydrogens (tertiary/aromatic N) is 1. The second-order valence-electron chi connectivity index (χ2n) is 8.17. The first-order chi connectivity index (χ1) is 10.7. The van der Waals surface area contributed by atoms with Crippen LogP contribution in [0.3, 0.4) is 0 Å². The molecule has 0 aromatic heterocycles. The highest BCUT2D eigenvalue weighted by Gasteiger charge is 2.65. The molecule has 2 aliphatic carbocycles. The van der Waals surface area contributed by atoms with Gasteiger partial charge in [-0.2, -0.15) is 0 Å². The number of Topliss-reactive ketones (excluding diaryl/α,β-unsaturated/α-hetero) is 1. The van der Waals surface area contributed by atoms with Crippen LogP contribution in [-0.4, -0.2) is 43.6 Å². The van der Waals surface area contributed by atoms with Crippen molar-refractivity contribution in [1.29, 1.82) is 0 Å². The quantitative estimate of drug-likeness (QED) is 0.717. The van der Waals surface area contributed by atoms with Gasteiger partial charge < -0.3 is 4.79 Å². The lowest BCUT2D eigenvalue weighted by atomic mass is 9.70. The van der Waals surface area contributed by atoms with Crippen LogP contribution in [0.5, 0.6) is 0 Å². The molecule has 0 amide bonds. The van der Waals surface area contributed by atoms with Crippen molar-refractivity contribution >= 4 is 22.1 Å². The highest BCUT2D eigenvalue weighted by Crippen LogP contribution is 2.64. The fourth-order valence-electron chi connectivity index (χ4n) is 5.07. The van der Waals surface area contributed by atoms with Crippen LogP contribution in [0, 0.1) is 22.7 Å². The minimum atomic E-state index is -3.43. The monoisotopic (exact) mass is 341 g/mol. The molecule has 1 heterocycles. The molecule has 2 bridgehead atoms. The molecule has 0 aromatic rings. The molecule has 130 valence electrons. The fraction of sp³-hybridized carbons (Fsp3) is 0.882. The Labute approximate surface area is 138 Å². The number of sulfonamides is 1. The van der Waals surface area contributed by atoms with E-state index in [4.69, 9.17) is 0 Å². The van der Waals surface area contributed by atoms with Crippen LogP contribution in [0.25, 0.3) is 0 Å². The van der Waals surface area contributed by atoms with Gasteiger partial charge in [0.1, 0.15) is 12.1 Å². The first-order valence-electron chi connectivity index (χ1n) is 8.68. The SMILES string of the molecule is CC1(C)C2CCC1(CS(=O)(=O)N1CCC(CC=O)CC1)C(=O)C2. The molecule has 5 nitrogen and oxygen atoms in total. The average Bonchev–Trinajstić information content (AvgIpc) is 2.82. The maximum Gasteiger partial charge on any atom is 0.215 e. The molecule has 3 fully saturated rings. The standard InChI is InChI=1S/C17H27NO4S/c1-16(2)14-3-7-17(16,15(20)11-14)12-23(21,22)18-8-4-13(5-9-18)6-10-19/h10,13-14H,3-9,11-12H2,1-2H3. The second kappa shape index (κ2) is 5.66. The lowest BCUT2D eigenvalue weighted by molar-refractivity contribution is -0.128. The number of piperidine rings is 1. The molecule has 23 heavy (non-hydrogen) atoms. The number of fused-ring (bicyclic) bond motifs is 2. The molecule has 3 aliphatic rings. The van der Waals surface area contributed by atoms with Crippen LogP contribution < -0.4 is 0 Å². The van der Waals surface area contributed by atoms with E-state index < -0.39 is 15.4 Å². The summed E-state index contributed by atoms with van der Waals surface area (Å²) in [4.78, 5) is 23.2. The van der Waals surface area contributed by atoms with Crippen molar-refractivity contribution in [3.05, 3.63) is 0 Å². The Bertz CT molecular complexity index is 604. The minimum Gasteiger partial charge on any atom is -0.303 e.